The van der Waals surface area contributed by atoms with E-state index >= 15 is 0 Å². The van der Waals surface area contributed by atoms with Crippen molar-refractivity contribution in [1.29, 1.82) is 0 Å². The van der Waals surface area contributed by atoms with Crippen LogP contribution in [0.2, 0.25) is 0 Å². The van der Waals surface area contributed by atoms with Gasteiger partial charge in [-0.2, -0.15) is 8.42 Å². The van der Waals surface area contributed by atoms with Crippen LogP contribution < -0.4 is 29.6 Å². The topological polar surface area (TPSA) is 60.4 Å². The van der Waals surface area contributed by atoms with Crippen molar-refractivity contribution in [3.05, 3.63) is 42.5 Å². The molecule has 1 rings (SSSR count). The molecular weight excluding hydrogens is 239 g/mol. The third-order valence-corrected chi connectivity index (χ3v) is 2.79. The van der Waals surface area contributed by atoms with E-state index in [9.17, 15) is 13.2 Å². The van der Waals surface area contributed by atoms with Crippen LogP contribution in [0.3, 0.4) is 0 Å². The summed E-state index contributed by atoms with van der Waals surface area (Å²) in [6.45, 7) is 4.67. The second-order valence-corrected chi connectivity index (χ2v) is 4.46. The molecule has 0 heterocycles. The maximum atomic E-state index is 11.5. The smallest absolute Gasteiger partial charge is 1.00 e. The van der Waals surface area contributed by atoms with Crippen LogP contribution in [0.15, 0.2) is 47.4 Å². The fourth-order valence-corrected chi connectivity index (χ4v) is 1.73. The fraction of sp³-hybridized carbons (Fsp3) is 0.100. The first kappa shape index (κ1) is 15.4. The predicted molar refractivity (Wildman–Crippen MR) is 55.6 cm³/mol. The normalized spacial score (nSPS) is 10.1. The minimum Gasteiger partial charge on any atom is -1.00 e. The molecule has 16 heavy (non-hydrogen) atoms. The Morgan fingerprint density at radius 3 is 2.25 bits per heavy atom. The summed E-state index contributed by atoms with van der Waals surface area (Å²) in [5.74, 6) is -0.946. The van der Waals surface area contributed by atoms with Gasteiger partial charge < -0.3 is 5.61 Å². The minimum atomic E-state index is -4.01. The second-order valence-electron chi connectivity index (χ2n) is 2.92. The maximum absolute atomic E-state index is 11.5. The molecule has 6 heteroatoms. The number of carbonyl (C=O) groups is 1. The van der Waals surface area contributed by atoms with Crippen molar-refractivity contribution in [2.75, 3.05) is 0 Å². The van der Waals surface area contributed by atoms with Gasteiger partial charge in [0.05, 0.1) is 0 Å². The van der Waals surface area contributed by atoms with E-state index in [1.54, 1.807) is 18.2 Å². The van der Waals surface area contributed by atoms with Crippen molar-refractivity contribution in [1.82, 2.24) is 0 Å². The molecule has 0 saturated carbocycles. The van der Waals surface area contributed by atoms with Crippen LogP contribution in [0.5, 0.6) is 0 Å². The Hall–Kier alpha value is -0.620. The Kier molecular flexibility index (Phi) is 5.96. The molecule has 0 aromatic heterocycles. The van der Waals surface area contributed by atoms with Gasteiger partial charge in [-0.1, -0.05) is 24.8 Å². The number of rotatable bonds is 3. The molecule has 0 atom stereocenters. The Morgan fingerprint density at radius 2 is 1.81 bits per heavy atom. The van der Waals surface area contributed by atoms with Crippen molar-refractivity contribution >= 4 is 16.1 Å². The molecule has 0 radical (unpaired) electrons. The van der Waals surface area contributed by atoms with E-state index in [1.165, 1.54) is 19.1 Å². The molecule has 0 N–H and O–H groups in total. The van der Waals surface area contributed by atoms with Crippen LogP contribution in [0.1, 0.15) is 8.35 Å². The van der Waals surface area contributed by atoms with Gasteiger partial charge in [0.15, 0.2) is 0 Å². The van der Waals surface area contributed by atoms with Gasteiger partial charge in [0.25, 0.3) is 0 Å². The van der Waals surface area contributed by atoms with Gasteiger partial charge in [-0.15, -0.1) is 0 Å². The number of hydrogen-bond acceptors (Lipinski definition) is 4. The van der Waals surface area contributed by atoms with E-state index in [0.29, 0.717) is 0 Å². The first-order chi connectivity index (χ1) is 6.93. The molecule has 0 bridgehead atoms. The number of benzene rings is 1. The molecule has 0 amide bonds. The first-order valence-electron chi connectivity index (χ1n) is 4.13. The van der Waals surface area contributed by atoms with Crippen molar-refractivity contribution in [2.45, 2.75) is 11.8 Å². The molecule has 0 unspecified atom stereocenters. The molecule has 0 aliphatic carbocycles. The quantitative estimate of drug-likeness (QED) is 0.376. The second kappa shape index (κ2) is 6.20. The zero-order valence-corrected chi connectivity index (χ0v) is 12.0. The van der Waals surface area contributed by atoms with Crippen molar-refractivity contribution in [3.8, 4) is 0 Å². The van der Waals surface area contributed by atoms with E-state index in [0.717, 1.165) is 0 Å². The van der Waals surface area contributed by atoms with E-state index in [4.69, 9.17) is 0 Å². The first-order valence-corrected chi connectivity index (χ1v) is 5.53. The fourth-order valence-electron chi connectivity index (χ4n) is 0.806. The van der Waals surface area contributed by atoms with Crippen LogP contribution in [0.25, 0.3) is 0 Å². The van der Waals surface area contributed by atoms with Gasteiger partial charge in [-0.25, -0.2) is 4.79 Å². The zero-order chi connectivity index (χ0) is 11.5. The largest absolute Gasteiger partial charge is 1.00 e. The van der Waals surface area contributed by atoms with Crippen LogP contribution in [0.4, 0.5) is 0 Å². The molecule has 0 fully saturated rings. The van der Waals surface area contributed by atoms with Gasteiger partial charge in [0.1, 0.15) is 4.90 Å². The molecule has 0 aliphatic rings. The van der Waals surface area contributed by atoms with Crippen LogP contribution in [0, 0.1) is 0 Å². The maximum Gasteiger partial charge on any atom is 1.00 e. The monoisotopic (exact) mass is 250 g/mol. The average Bonchev–Trinajstić information content (AvgIpc) is 2.18. The van der Waals surface area contributed by atoms with Crippen molar-refractivity contribution < 1.29 is 48.4 Å². The molecule has 1 aromatic carbocycles. The van der Waals surface area contributed by atoms with Gasteiger partial charge in [-0.05, 0) is 19.1 Å². The summed E-state index contributed by atoms with van der Waals surface area (Å²) in [7, 11) is -4.01. The minimum absolute atomic E-state index is 0. The molecule has 82 valence electrons. The van der Waals surface area contributed by atoms with Gasteiger partial charge in [0.2, 0.25) is 0 Å². The van der Waals surface area contributed by atoms with E-state index < -0.39 is 16.1 Å². The standard InChI is InChI=1S/C10H10O4S.Na.H/c1-8(2)10(11)14-15(12,13)9-6-4-3-5-7-9;;/h3-7H,1H2,2H3;;/q;+1;-1. The van der Waals surface area contributed by atoms with E-state index in [1.807, 2.05) is 0 Å². The van der Waals surface area contributed by atoms with E-state index in [2.05, 4.69) is 10.8 Å². The predicted octanol–water partition coefficient (Wildman–Crippen LogP) is -1.39. The van der Waals surface area contributed by atoms with Crippen molar-refractivity contribution in [3.63, 3.8) is 0 Å². The average molecular weight is 250 g/mol. The van der Waals surface area contributed by atoms with Gasteiger partial charge >= 0.3 is 45.6 Å². The number of carbonyl (C=O) groups excluding carboxylic acids is 1. The summed E-state index contributed by atoms with van der Waals surface area (Å²) >= 11 is 0. The molecule has 0 saturated heterocycles. The summed E-state index contributed by atoms with van der Waals surface area (Å²) in [5, 5.41) is 0. The van der Waals surface area contributed by atoms with Crippen molar-refractivity contribution in [2.24, 2.45) is 0 Å². The molecule has 0 aliphatic heterocycles. The van der Waals surface area contributed by atoms with Gasteiger partial charge in [-0.3, -0.25) is 0 Å². The zero-order valence-electron chi connectivity index (χ0n) is 10.1. The van der Waals surface area contributed by atoms with Gasteiger partial charge in [0, 0.05) is 5.57 Å². The SMILES string of the molecule is C=C(C)C(=O)OS(=O)(=O)c1ccccc1.[H-].[Na+]. The number of hydrogen-bond donors (Lipinski definition) is 0. The summed E-state index contributed by atoms with van der Waals surface area (Å²) in [6, 6.07) is 7.45. The Labute approximate surface area is 118 Å². The molecule has 1 aromatic rings. The summed E-state index contributed by atoms with van der Waals surface area (Å²) < 4.78 is 27.2. The van der Waals surface area contributed by atoms with Crippen LogP contribution in [-0.4, -0.2) is 14.4 Å². The Morgan fingerprint density at radius 1 is 1.31 bits per heavy atom. The third-order valence-electron chi connectivity index (χ3n) is 1.57. The molecule has 4 nitrogen and oxygen atoms in total. The Balaban J connectivity index is 0. The summed E-state index contributed by atoms with van der Waals surface area (Å²) in [4.78, 5) is 11.0. The summed E-state index contributed by atoms with van der Waals surface area (Å²) in [6.07, 6.45) is 0. The third kappa shape index (κ3) is 4.09. The van der Waals surface area contributed by atoms with E-state index in [-0.39, 0.29) is 41.5 Å². The molecular formula is C10H11NaO4S. The van der Waals surface area contributed by atoms with Crippen LogP contribution in [-0.2, 0) is 19.1 Å². The Bertz CT molecular complexity index is 484. The van der Waals surface area contributed by atoms with Crippen LogP contribution >= 0.6 is 0 Å². The molecule has 0 spiro atoms. The summed E-state index contributed by atoms with van der Waals surface area (Å²) in [5.41, 5.74) is 0.0366.